The molecule has 2 unspecified atom stereocenters. The first-order valence-electron chi connectivity index (χ1n) is 6.94. The van der Waals surface area contributed by atoms with Gasteiger partial charge in [-0.25, -0.2) is 0 Å². The summed E-state index contributed by atoms with van der Waals surface area (Å²) in [5.74, 6) is -3.78. The number of hydrogen-bond donors (Lipinski definition) is 2. The summed E-state index contributed by atoms with van der Waals surface area (Å²) in [5, 5.41) is 18.2. The van der Waals surface area contributed by atoms with Crippen LogP contribution in [0.2, 0.25) is 0 Å². The third-order valence-electron chi connectivity index (χ3n) is 4.87. The van der Waals surface area contributed by atoms with Crippen molar-refractivity contribution >= 4 is 17.8 Å². The van der Waals surface area contributed by atoms with E-state index in [1.165, 1.54) is 0 Å². The molecule has 1 saturated carbocycles. The lowest BCUT2D eigenvalue weighted by Crippen LogP contribution is -2.48. The molecule has 112 valence electrons. The van der Waals surface area contributed by atoms with E-state index in [0.29, 0.717) is 12.8 Å². The van der Waals surface area contributed by atoms with E-state index < -0.39 is 35.1 Å². The van der Waals surface area contributed by atoms with Crippen LogP contribution in [0.5, 0.6) is 0 Å². The van der Waals surface area contributed by atoms with Crippen molar-refractivity contribution in [1.29, 1.82) is 0 Å². The highest BCUT2D eigenvalue weighted by Crippen LogP contribution is 2.59. The lowest BCUT2D eigenvalue weighted by atomic mass is 9.92. The summed E-state index contributed by atoms with van der Waals surface area (Å²) in [5.41, 5.74) is -0.543. The molecule has 0 spiro atoms. The van der Waals surface area contributed by atoms with Gasteiger partial charge in [-0.1, -0.05) is 13.8 Å². The van der Waals surface area contributed by atoms with E-state index >= 15 is 0 Å². The molecule has 1 heterocycles. The van der Waals surface area contributed by atoms with Gasteiger partial charge in [-0.3, -0.25) is 14.4 Å². The van der Waals surface area contributed by atoms with Gasteiger partial charge < -0.3 is 15.1 Å². The molecule has 20 heavy (non-hydrogen) atoms. The Bertz CT molecular complexity index is 458. The number of amides is 1. The van der Waals surface area contributed by atoms with Gasteiger partial charge in [0.15, 0.2) is 0 Å². The first-order valence-corrected chi connectivity index (χ1v) is 6.94. The van der Waals surface area contributed by atoms with Gasteiger partial charge in [0.1, 0.15) is 0 Å². The van der Waals surface area contributed by atoms with Crippen LogP contribution in [0, 0.1) is 23.2 Å². The fourth-order valence-corrected chi connectivity index (χ4v) is 3.35. The minimum Gasteiger partial charge on any atom is -0.481 e. The van der Waals surface area contributed by atoms with Crippen molar-refractivity contribution in [2.24, 2.45) is 23.2 Å². The summed E-state index contributed by atoms with van der Waals surface area (Å²) in [6.45, 7) is 5.63. The molecule has 2 rings (SSSR count). The summed E-state index contributed by atoms with van der Waals surface area (Å²) in [6.07, 6.45) is 1.21. The Morgan fingerprint density at radius 2 is 1.65 bits per heavy atom. The zero-order chi connectivity index (χ0) is 15.2. The van der Waals surface area contributed by atoms with Crippen molar-refractivity contribution in [3.8, 4) is 0 Å². The Hall–Kier alpha value is -1.59. The summed E-state index contributed by atoms with van der Waals surface area (Å²) < 4.78 is 0. The lowest BCUT2D eigenvalue weighted by molar-refractivity contribution is -0.149. The summed E-state index contributed by atoms with van der Waals surface area (Å²) in [7, 11) is 0. The highest BCUT2D eigenvalue weighted by atomic mass is 16.4. The fraction of sp³-hybridized carbons (Fsp3) is 0.786. The Balaban J connectivity index is 2.12. The van der Waals surface area contributed by atoms with Crippen LogP contribution in [0.15, 0.2) is 0 Å². The number of carboxylic acids is 2. The third kappa shape index (κ3) is 2.27. The molecule has 1 amide bonds. The minimum atomic E-state index is -0.951. The van der Waals surface area contributed by atoms with Crippen LogP contribution in [-0.4, -0.2) is 45.5 Å². The smallest absolute Gasteiger partial charge is 0.308 e. The van der Waals surface area contributed by atoms with Gasteiger partial charge in [0.25, 0.3) is 0 Å². The van der Waals surface area contributed by atoms with E-state index in [9.17, 15) is 14.4 Å². The van der Waals surface area contributed by atoms with Gasteiger partial charge in [-0.2, -0.15) is 0 Å². The number of rotatable bonds is 3. The van der Waals surface area contributed by atoms with Crippen molar-refractivity contribution in [3.63, 3.8) is 0 Å². The molecule has 0 aromatic carbocycles. The minimum absolute atomic E-state index is 0.0241. The Morgan fingerprint density at radius 3 is 2.10 bits per heavy atom. The number of aliphatic carboxylic acids is 2. The number of hydrogen-bond acceptors (Lipinski definition) is 3. The van der Waals surface area contributed by atoms with Crippen LogP contribution in [0.1, 0.15) is 33.6 Å². The molecular formula is C14H21NO5. The largest absolute Gasteiger partial charge is 0.481 e. The molecule has 2 aliphatic rings. The first kappa shape index (κ1) is 14.8. The fourth-order valence-electron chi connectivity index (χ4n) is 3.35. The normalized spacial score (nSPS) is 35.5. The number of likely N-dealkylation sites (tertiary alicyclic amines) is 1. The van der Waals surface area contributed by atoms with Crippen LogP contribution in [-0.2, 0) is 14.4 Å². The van der Waals surface area contributed by atoms with Gasteiger partial charge in [0.05, 0.1) is 17.8 Å². The average molecular weight is 283 g/mol. The van der Waals surface area contributed by atoms with E-state index in [1.54, 1.807) is 18.7 Å². The highest BCUT2D eigenvalue weighted by Gasteiger charge is 2.67. The summed E-state index contributed by atoms with van der Waals surface area (Å²) in [6, 6.07) is -0.0241. The Labute approximate surface area is 117 Å². The van der Waals surface area contributed by atoms with Gasteiger partial charge in [-0.05, 0) is 25.2 Å². The topological polar surface area (TPSA) is 94.9 Å². The first-order chi connectivity index (χ1) is 9.17. The van der Waals surface area contributed by atoms with Crippen molar-refractivity contribution in [3.05, 3.63) is 0 Å². The third-order valence-corrected chi connectivity index (χ3v) is 4.87. The number of piperidine rings is 1. The SMILES string of the molecule is CC1CCC(C(=O)O)CN1C(=O)[C@@H]1[C@H](C(=O)O)C1(C)C. The number of carboxylic acid groups (broad SMARTS) is 2. The molecule has 2 N–H and O–H groups in total. The van der Waals surface area contributed by atoms with Crippen LogP contribution in [0.3, 0.4) is 0 Å². The second kappa shape index (κ2) is 4.75. The number of carbonyl (C=O) groups is 3. The maximum atomic E-state index is 12.5. The standard InChI is InChI=1S/C14H21NO5/c1-7-4-5-8(12(17)18)6-15(7)11(16)9-10(13(19)20)14(9,2)3/h7-10H,4-6H2,1-3H3,(H,17,18)(H,19,20)/t7?,8?,9-,10+/m0/s1. The molecule has 0 radical (unpaired) electrons. The zero-order valence-electron chi connectivity index (χ0n) is 12.0. The Kier molecular flexibility index (Phi) is 3.52. The van der Waals surface area contributed by atoms with Crippen molar-refractivity contribution in [2.75, 3.05) is 6.54 Å². The molecule has 1 saturated heterocycles. The number of carbonyl (C=O) groups excluding carboxylic acids is 1. The predicted molar refractivity (Wildman–Crippen MR) is 69.9 cm³/mol. The maximum absolute atomic E-state index is 12.5. The molecule has 2 fully saturated rings. The molecule has 1 aliphatic carbocycles. The van der Waals surface area contributed by atoms with E-state index in [1.807, 2.05) is 6.92 Å². The van der Waals surface area contributed by atoms with Crippen molar-refractivity contribution < 1.29 is 24.6 Å². The second-order valence-corrected chi connectivity index (χ2v) is 6.57. The van der Waals surface area contributed by atoms with Gasteiger partial charge in [-0.15, -0.1) is 0 Å². The molecule has 6 nitrogen and oxygen atoms in total. The van der Waals surface area contributed by atoms with Gasteiger partial charge >= 0.3 is 11.9 Å². The van der Waals surface area contributed by atoms with Crippen molar-refractivity contribution in [2.45, 2.75) is 39.7 Å². The molecule has 0 aromatic heterocycles. The van der Waals surface area contributed by atoms with Crippen LogP contribution in [0.25, 0.3) is 0 Å². The Morgan fingerprint density at radius 1 is 1.05 bits per heavy atom. The van der Waals surface area contributed by atoms with Gasteiger partial charge in [0, 0.05) is 12.6 Å². The molecule has 0 aromatic rings. The lowest BCUT2D eigenvalue weighted by Gasteiger charge is -2.37. The van der Waals surface area contributed by atoms with Crippen LogP contribution < -0.4 is 0 Å². The van der Waals surface area contributed by atoms with E-state index in [2.05, 4.69) is 0 Å². The monoisotopic (exact) mass is 283 g/mol. The van der Waals surface area contributed by atoms with Gasteiger partial charge in [0.2, 0.25) is 5.91 Å². The maximum Gasteiger partial charge on any atom is 0.308 e. The van der Waals surface area contributed by atoms with E-state index in [0.717, 1.165) is 0 Å². The van der Waals surface area contributed by atoms with Crippen LogP contribution >= 0.6 is 0 Å². The quantitative estimate of drug-likeness (QED) is 0.807. The molecule has 6 heteroatoms. The van der Waals surface area contributed by atoms with E-state index in [4.69, 9.17) is 10.2 Å². The molecule has 4 atom stereocenters. The van der Waals surface area contributed by atoms with Crippen molar-refractivity contribution in [1.82, 2.24) is 4.90 Å². The second-order valence-electron chi connectivity index (χ2n) is 6.57. The molecular weight excluding hydrogens is 262 g/mol. The molecule has 1 aliphatic heterocycles. The van der Waals surface area contributed by atoms with Crippen LogP contribution in [0.4, 0.5) is 0 Å². The predicted octanol–water partition coefficient (Wildman–Crippen LogP) is 1.05. The summed E-state index contributed by atoms with van der Waals surface area (Å²) in [4.78, 5) is 36.4. The average Bonchev–Trinajstić information content (AvgIpc) is 2.92. The number of nitrogens with zero attached hydrogens (tertiary/aromatic N) is 1. The molecule has 0 bridgehead atoms. The highest BCUT2D eigenvalue weighted by molar-refractivity contribution is 5.92. The van der Waals surface area contributed by atoms with E-state index in [-0.39, 0.29) is 18.5 Å². The summed E-state index contributed by atoms with van der Waals surface area (Å²) >= 11 is 0. The zero-order valence-corrected chi connectivity index (χ0v) is 12.0.